The fourth-order valence-corrected chi connectivity index (χ4v) is 2.91. The molecule has 0 amide bonds. The van der Waals surface area contributed by atoms with Crippen LogP contribution in [0.5, 0.6) is 0 Å². The summed E-state index contributed by atoms with van der Waals surface area (Å²) in [6, 6.07) is 0. The molecule has 0 spiro atoms. The van der Waals surface area contributed by atoms with Gasteiger partial charge in [-0.15, -0.1) is 0 Å². The van der Waals surface area contributed by atoms with Crippen LogP contribution >= 0.6 is 0 Å². The minimum Gasteiger partial charge on any atom is -0.475 e. The Morgan fingerprint density at radius 2 is 1.32 bits per heavy atom. The number of ether oxygens (including phenoxy) is 2. The first-order valence-corrected chi connectivity index (χ1v) is 10.8. The van der Waals surface area contributed by atoms with Crippen molar-refractivity contribution in [2.24, 2.45) is 11.8 Å². The van der Waals surface area contributed by atoms with E-state index in [2.05, 4.69) is 6.92 Å². The molecule has 0 saturated carbocycles. The molecule has 0 aromatic rings. The van der Waals surface area contributed by atoms with Crippen LogP contribution in [-0.2, 0) is 23.9 Å². The van der Waals surface area contributed by atoms with E-state index in [9.17, 15) is 19.5 Å². The van der Waals surface area contributed by atoms with Gasteiger partial charge in [0.1, 0.15) is 0 Å². The molecule has 28 heavy (non-hydrogen) atoms. The average Bonchev–Trinajstić information content (AvgIpc) is 2.59. The SMILES string of the molecule is CCCCCCCCCCCC(=O)OC(CC(C)C)(OC(=O)C(C)C)C(=O)O. The predicted octanol–water partition coefficient (Wildman–Crippen LogP) is 5.48. The maximum Gasteiger partial charge on any atom is 0.390 e. The fourth-order valence-electron chi connectivity index (χ4n) is 2.91. The normalized spacial score (nSPS) is 13.4. The lowest BCUT2D eigenvalue weighted by atomic mass is 10.0. The molecule has 0 radical (unpaired) electrons. The van der Waals surface area contributed by atoms with Gasteiger partial charge in [0.15, 0.2) is 0 Å². The van der Waals surface area contributed by atoms with Gasteiger partial charge in [0.2, 0.25) is 0 Å². The Hall–Kier alpha value is -1.59. The molecule has 0 heterocycles. The van der Waals surface area contributed by atoms with Crippen LogP contribution in [-0.4, -0.2) is 28.8 Å². The molecule has 0 rings (SSSR count). The smallest absolute Gasteiger partial charge is 0.390 e. The van der Waals surface area contributed by atoms with Crippen LogP contribution in [0.4, 0.5) is 0 Å². The zero-order valence-electron chi connectivity index (χ0n) is 18.4. The highest BCUT2D eigenvalue weighted by Crippen LogP contribution is 2.26. The number of hydrogen-bond donors (Lipinski definition) is 1. The summed E-state index contributed by atoms with van der Waals surface area (Å²) in [6.07, 6.45) is 10.1. The Bertz CT molecular complexity index is 472. The molecule has 6 heteroatoms. The summed E-state index contributed by atoms with van der Waals surface area (Å²) in [5, 5.41) is 9.63. The second-order valence-electron chi connectivity index (χ2n) is 8.28. The largest absolute Gasteiger partial charge is 0.475 e. The maximum absolute atomic E-state index is 12.2. The summed E-state index contributed by atoms with van der Waals surface area (Å²) in [7, 11) is 0. The monoisotopic (exact) mass is 400 g/mol. The molecular weight excluding hydrogens is 360 g/mol. The van der Waals surface area contributed by atoms with E-state index in [4.69, 9.17) is 9.47 Å². The summed E-state index contributed by atoms with van der Waals surface area (Å²) in [6.45, 7) is 8.98. The van der Waals surface area contributed by atoms with Gasteiger partial charge in [-0.2, -0.15) is 0 Å². The van der Waals surface area contributed by atoms with Gasteiger partial charge < -0.3 is 14.6 Å². The lowest BCUT2D eigenvalue weighted by Crippen LogP contribution is -2.49. The van der Waals surface area contributed by atoms with Crippen LogP contribution in [0.25, 0.3) is 0 Å². The minimum atomic E-state index is -2.24. The first-order chi connectivity index (χ1) is 13.1. The number of aliphatic carboxylic acids is 1. The third kappa shape index (κ3) is 11.3. The second kappa shape index (κ2) is 14.4. The van der Waals surface area contributed by atoms with Crippen molar-refractivity contribution < 1.29 is 29.0 Å². The molecule has 1 atom stereocenters. The van der Waals surface area contributed by atoms with Crippen molar-refractivity contribution in [2.45, 2.75) is 111 Å². The molecule has 1 N–H and O–H groups in total. The van der Waals surface area contributed by atoms with E-state index in [0.29, 0.717) is 6.42 Å². The lowest BCUT2D eigenvalue weighted by Gasteiger charge is -2.30. The van der Waals surface area contributed by atoms with Gasteiger partial charge in [-0.3, -0.25) is 9.59 Å². The third-order valence-corrected chi connectivity index (χ3v) is 4.50. The molecule has 0 aliphatic rings. The zero-order chi connectivity index (χ0) is 21.6. The summed E-state index contributed by atoms with van der Waals surface area (Å²) >= 11 is 0. The number of unbranched alkanes of at least 4 members (excludes halogenated alkanes) is 8. The van der Waals surface area contributed by atoms with Crippen LogP contribution in [0.1, 0.15) is 105 Å². The van der Waals surface area contributed by atoms with Crippen molar-refractivity contribution in [3.8, 4) is 0 Å². The fraction of sp³-hybridized carbons (Fsp3) is 0.864. The molecule has 0 aromatic heterocycles. The highest BCUT2D eigenvalue weighted by molar-refractivity contribution is 5.84. The van der Waals surface area contributed by atoms with E-state index in [1.807, 2.05) is 0 Å². The quantitative estimate of drug-likeness (QED) is 0.210. The summed E-state index contributed by atoms with van der Waals surface area (Å²) < 4.78 is 10.4. The standard InChI is InChI=1S/C22H40O6/c1-6-7-8-9-10-11-12-13-14-15-19(23)27-22(21(25)26,16-17(2)3)28-20(24)18(4)5/h17-18H,6-16H2,1-5H3,(H,25,26). The van der Waals surface area contributed by atoms with Crippen molar-refractivity contribution >= 4 is 17.9 Å². The van der Waals surface area contributed by atoms with E-state index < -0.39 is 29.6 Å². The molecule has 1 unspecified atom stereocenters. The van der Waals surface area contributed by atoms with Crippen molar-refractivity contribution in [1.29, 1.82) is 0 Å². The Morgan fingerprint density at radius 3 is 1.75 bits per heavy atom. The Labute approximate surface area is 170 Å². The van der Waals surface area contributed by atoms with E-state index in [-0.39, 0.29) is 18.8 Å². The number of carbonyl (C=O) groups excluding carboxylic acids is 2. The molecule has 6 nitrogen and oxygen atoms in total. The number of carbonyl (C=O) groups is 3. The Kier molecular flexibility index (Phi) is 13.6. The van der Waals surface area contributed by atoms with Crippen LogP contribution in [0.2, 0.25) is 0 Å². The van der Waals surface area contributed by atoms with Gasteiger partial charge in [-0.05, 0) is 12.3 Å². The highest BCUT2D eigenvalue weighted by Gasteiger charge is 2.47. The Morgan fingerprint density at radius 1 is 0.821 bits per heavy atom. The molecular formula is C22H40O6. The number of hydrogen-bond acceptors (Lipinski definition) is 5. The molecule has 164 valence electrons. The van der Waals surface area contributed by atoms with Gasteiger partial charge in [-0.1, -0.05) is 86.0 Å². The molecule has 0 saturated heterocycles. The molecule has 0 bridgehead atoms. The van der Waals surface area contributed by atoms with Gasteiger partial charge >= 0.3 is 23.7 Å². The van der Waals surface area contributed by atoms with E-state index in [1.165, 1.54) is 32.1 Å². The molecule has 0 aliphatic carbocycles. The number of esters is 2. The van der Waals surface area contributed by atoms with Gasteiger partial charge in [0.05, 0.1) is 5.92 Å². The zero-order valence-corrected chi connectivity index (χ0v) is 18.4. The van der Waals surface area contributed by atoms with Crippen LogP contribution < -0.4 is 0 Å². The van der Waals surface area contributed by atoms with Crippen molar-refractivity contribution in [3.05, 3.63) is 0 Å². The number of carboxylic acid groups (broad SMARTS) is 1. The summed E-state index contributed by atoms with van der Waals surface area (Å²) in [5.74, 6) is -5.66. The van der Waals surface area contributed by atoms with E-state index in [1.54, 1.807) is 27.7 Å². The average molecular weight is 401 g/mol. The minimum absolute atomic E-state index is 0.0791. The van der Waals surface area contributed by atoms with Crippen LogP contribution in [0.15, 0.2) is 0 Å². The first-order valence-electron chi connectivity index (χ1n) is 10.8. The van der Waals surface area contributed by atoms with Crippen molar-refractivity contribution in [1.82, 2.24) is 0 Å². The van der Waals surface area contributed by atoms with Gasteiger partial charge in [0.25, 0.3) is 0 Å². The second-order valence-corrected chi connectivity index (χ2v) is 8.28. The highest BCUT2D eigenvalue weighted by atomic mass is 16.7. The third-order valence-electron chi connectivity index (χ3n) is 4.50. The van der Waals surface area contributed by atoms with E-state index in [0.717, 1.165) is 19.3 Å². The van der Waals surface area contributed by atoms with Crippen LogP contribution in [0, 0.1) is 11.8 Å². The number of rotatable bonds is 16. The lowest BCUT2D eigenvalue weighted by molar-refractivity contribution is -0.242. The van der Waals surface area contributed by atoms with Crippen LogP contribution in [0.3, 0.4) is 0 Å². The van der Waals surface area contributed by atoms with Crippen molar-refractivity contribution in [3.63, 3.8) is 0 Å². The summed E-state index contributed by atoms with van der Waals surface area (Å²) in [5.41, 5.74) is 0. The summed E-state index contributed by atoms with van der Waals surface area (Å²) in [4.78, 5) is 36.0. The van der Waals surface area contributed by atoms with E-state index >= 15 is 0 Å². The number of carboxylic acids is 1. The predicted molar refractivity (Wildman–Crippen MR) is 109 cm³/mol. The molecule has 0 aromatic carbocycles. The molecule has 0 fully saturated rings. The Balaban J connectivity index is 4.51. The topological polar surface area (TPSA) is 89.9 Å². The molecule has 0 aliphatic heterocycles. The maximum atomic E-state index is 12.2. The first kappa shape index (κ1) is 26.4. The van der Waals surface area contributed by atoms with Crippen molar-refractivity contribution in [2.75, 3.05) is 0 Å². The van der Waals surface area contributed by atoms with Gasteiger partial charge in [-0.25, -0.2) is 4.79 Å². The van der Waals surface area contributed by atoms with Gasteiger partial charge in [0, 0.05) is 12.8 Å².